The van der Waals surface area contributed by atoms with E-state index >= 15 is 0 Å². The third kappa shape index (κ3) is 4.79. The van der Waals surface area contributed by atoms with Crippen LogP contribution in [0.5, 0.6) is 17.2 Å². The van der Waals surface area contributed by atoms with Crippen molar-refractivity contribution in [2.75, 3.05) is 32.7 Å². The van der Waals surface area contributed by atoms with Gasteiger partial charge in [0.05, 0.1) is 14.2 Å². The maximum absolute atomic E-state index is 9.52. The van der Waals surface area contributed by atoms with Crippen LogP contribution in [0.15, 0.2) is 60.7 Å². The van der Waals surface area contributed by atoms with Crippen molar-refractivity contribution in [3.05, 3.63) is 82.9 Å². The Bertz CT molecular complexity index is 1030. The maximum Gasteiger partial charge on any atom is 0.120 e. The highest BCUT2D eigenvalue weighted by molar-refractivity contribution is 5.59. The van der Waals surface area contributed by atoms with Crippen molar-refractivity contribution >= 4 is 5.69 Å². The van der Waals surface area contributed by atoms with Gasteiger partial charge in [0.1, 0.15) is 17.2 Å². The number of methoxy groups -OCH3 is 2. The van der Waals surface area contributed by atoms with Crippen LogP contribution in [0.4, 0.5) is 5.69 Å². The van der Waals surface area contributed by atoms with Crippen LogP contribution in [-0.4, -0.2) is 32.9 Å². The van der Waals surface area contributed by atoms with E-state index in [0.29, 0.717) is 11.7 Å². The number of fused-ring (bicyclic) bond motifs is 1. The van der Waals surface area contributed by atoms with E-state index in [1.165, 1.54) is 27.9 Å². The number of rotatable bonds is 7. The summed E-state index contributed by atoms with van der Waals surface area (Å²) in [7, 11) is 5.60. The molecule has 0 aliphatic heterocycles. The molecule has 0 spiro atoms. The summed E-state index contributed by atoms with van der Waals surface area (Å²) in [6, 6.07) is 20.4. The standard InChI is InChI=1S/C27H31NO3/c1-28(15-14-19-4-9-23(29)10-5-19)27-18-25(31-3)12-13-26(27)22-7-6-21-17-24(30-2)11-8-20(21)16-22/h4-5,8-13,17-18,22,29H,6-7,14-16H2,1-3H3. The molecule has 0 aromatic heterocycles. The number of ether oxygens (including phenoxy) is 2. The summed E-state index contributed by atoms with van der Waals surface area (Å²) in [5.41, 5.74) is 6.67. The fraction of sp³-hybridized carbons (Fsp3) is 0.333. The first-order valence-electron chi connectivity index (χ1n) is 10.9. The van der Waals surface area contributed by atoms with Crippen molar-refractivity contribution in [2.45, 2.75) is 31.6 Å². The average Bonchev–Trinajstić information content (AvgIpc) is 2.82. The van der Waals surface area contributed by atoms with Crippen LogP contribution in [0.2, 0.25) is 0 Å². The van der Waals surface area contributed by atoms with Crippen LogP contribution in [0.25, 0.3) is 0 Å². The highest BCUT2D eigenvalue weighted by Gasteiger charge is 2.24. The van der Waals surface area contributed by atoms with E-state index in [9.17, 15) is 5.11 Å². The van der Waals surface area contributed by atoms with E-state index in [4.69, 9.17) is 9.47 Å². The number of likely N-dealkylation sites (N-methyl/N-ethyl adjacent to an activating group) is 1. The Morgan fingerprint density at radius 1 is 0.903 bits per heavy atom. The van der Waals surface area contributed by atoms with Crippen molar-refractivity contribution in [3.8, 4) is 17.2 Å². The Kier molecular flexibility index (Phi) is 6.36. The minimum Gasteiger partial charge on any atom is -0.508 e. The molecule has 1 aliphatic carbocycles. The molecular weight excluding hydrogens is 386 g/mol. The monoisotopic (exact) mass is 417 g/mol. The average molecular weight is 418 g/mol. The highest BCUT2D eigenvalue weighted by atomic mass is 16.5. The fourth-order valence-corrected chi connectivity index (χ4v) is 4.53. The van der Waals surface area contributed by atoms with Crippen molar-refractivity contribution in [1.82, 2.24) is 0 Å². The van der Waals surface area contributed by atoms with Gasteiger partial charge < -0.3 is 19.5 Å². The molecule has 1 unspecified atom stereocenters. The largest absolute Gasteiger partial charge is 0.508 e. The van der Waals surface area contributed by atoms with Gasteiger partial charge in [0.25, 0.3) is 0 Å². The quantitative estimate of drug-likeness (QED) is 0.562. The van der Waals surface area contributed by atoms with Crippen molar-refractivity contribution in [1.29, 1.82) is 0 Å². The van der Waals surface area contributed by atoms with Crippen LogP contribution >= 0.6 is 0 Å². The number of hydrogen-bond acceptors (Lipinski definition) is 4. The fourth-order valence-electron chi connectivity index (χ4n) is 4.53. The summed E-state index contributed by atoms with van der Waals surface area (Å²) in [5, 5.41) is 9.52. The zero-order chi connectivity index (χ0) is 21.8. The lowest BCUT2D eigenvalue weighted by atomic mass is 9.79. The number of phenols is 1. The molecule has 3 aromatic carbocycles. The van der Waals surface area contributed by atoms with Gasteiger partial charge in [-0.25, -0.2) is 0 Å². The molecular formula is C27H31NO3. The summed E-state index contributed by atoms with van der Waals surface area (Å²) >= 11 is 0. The first-order valence-corrected chi connectivity index (χ1v) is 10.9. The van der Waals surface area contributed by atoms with Gasteiger partial charge in [-0.2, -0.15) is 0 Å². The predicted molar refractivity (Wildman–Crippen MR) is 126 cm³/mol. The van der Waals surface area contributed by atoms with E-state index in [1.807, 2.05) is 12.1 Å². The number of aromatic hydroxyl groups is 1. The summed E-state index contributed by atoms with van der Waals surface area (Å²) in [5.74, 6) is 2.62. The molecule has 0 heterocycles. The van der Waals surface area contributed by atoms with Crippen LogP contribution in [0, 0.1) is 0 Å². The van der Waals surface area contributed by atoms with E-state index < -0.39 is 0 Å². The van der Waals surface area contributed by atoms with Crippen LogP contribution in [0.3, 0.4) is 0 Å². The minimum atomic E-state index is 0.308. The Hall–Kier alpha value is -3.14. The third-order valence-corrected chi connectivity index (χ3v) is 6.40. The molecule has 0 amide bonds. The lowest BCUT2D eigenvalue weighted by Gasteiger charge is -2.30. The lowest BCUT2D eigenvalue weighted by Crippen LogP contribution is -2.23. The summed E-state index contributed by atoms with van der Waals surface area (Å²) in [6.45, 7) is 0.894. The van der Waals surface area contributed by atoms with Crippen molar-refractivity contribution in [2.24, 2.45) is 0 Å². The zero-order valence-electron chi connectivity index (χ0n) is 18.6. The minimum absolute atomic E-state index is 0.308. The van der Waals surface area contributed by atoms with Crippen LogP contribution < -0.4 is 14.4 Å². The van der Waals surface area contributed by atoms with E-state index in [2.05, 4.69) is 48.3 Å². The van der Waals surface area contributed by atoms with E-state index in [0.717, 1.165) is 43.7 Å². The molecule has 4 nitrogen and oxygen atoms in total. The Morgan fingerprint density at radius 3 is 2.35 bits per heavy atom. The molecule has 0 saturated heterocycles. The van der Waals surface area contributed by atoms with Gasteiger partial charge in [0, 0.05) is 25.3 Å². The molecule has 3 aromatic rings. The number of benzene rings is 3. The molecule has 162 valence electrons. The maximum atomic E-state index is 9.52. The normalized spacial score (nSPS) is 15.3. The first-order chi connectivity index (χ1) is 15.1. The molecule has 1 N–H and O–H groups in total. The summed E-state index contributed by atoms with van der Waals surface area (Å²) in [6.07, 6.45) is 4.16. The molecule has 0 saturated carbocycles. The highest BCUT2D eigenvalue weighted by Crippen LogP contribution is 2.39. The molecule has 1 atom stereocenters. The van der Waals surface area contributed by atoms with Gasteiger partial charge in [-0.05, 0) is 84.2 Å². The number of anilines is 1. The topological polar surface area (TPSA) is 41.9 Å². The number of hydrogen-bond donors (Lipinski definition) is 1. The van der Waals surface area contributed by atoms with Gasteiger partial charge in [0.15, 0.2) is 0 Å². The van der Waals surface area contributed by atoms with Crippen molar-refractivity contribution in [3.63, 3.8) is 0 Å². The van der Waals surface area contributed by atoms with E-state index in [1.54, 1.807) is 26.4 Å². The van der Waals surface area contributed by atoms with Crippen LogP contribution in [0.1, 0.15) is 34.6 Å². The number of aryl methyl sites for hydroxylation is 1. The summed E-state index contributed by atoms with van der Waals surface area (Å²) in [4.78, 5) is 2.33. The molecule has 4 rings (SSSR count). The second kappa shape index (κ2) is 9.34. The Morgan fingerprint density at radius 2 is 1.61 bits per heavy atom. The first kappa shape index (κ1) is 21.1. The van der Waals surface area contributed by atoms with Gasteiger partial charge in [-0.15, -0.1) is 0 Å². The summed E-state index contributed by atoms with van der Waals surface area (Å²) < 4.78 is 10.9. The predicted octanol–water partition coefficient (Wildman–Crippen LogP) is 5.36. The lowest BCUT2D eigenvalue weighted by molar-refractivity contribution is 0.413. The van der Waals surface area contributed by atoms with Crippen LogP contribution in [-0.2, 0) is 19.3 Å². The molecule has 1 aliphatic rings. The molecule has 0 radical (unpaired) electrons. The molecule has 31 heavy (non-hydrogen) atoms. The van der Waals surface area contributed by atoms with Gasteiger partial charge in [-0.3, -0.25) is 0 Å². The number of nitrogens with zero attached hydrogens (tertiary/aromatic N) is 1. The van der Waals surface area contributed by atoms with Gasteiger partial charge in [-0.1, -0.05) is 24.3 Å². The smallest absolute Gasteiger partial charge is 0.120 e. The van der Waals surface area contributed by atoms with Gasteiger partial charge >= 0.3 is 0 Å². The zero-order valence-corrected chi connectivity index (χ0v) is 18.6. The second-order valence-corrected chi connectivity index (χ2v) is 8.34. The van der Waals surface area contributed by atoms with E-state index in [-0.39, 0.29) is 0 Å². The van der Waals surface area contributed by atoms with Gasteiger partial charge in [0.2, 0.25) is 0 Å². The van der Waals surface area contributed by atoms with Crippen molar-refractivity contribution < 1.29 is 14.6 Å². The third-order valence-electron chi connectivity index (χ3n) is 6.40. The SMILES string of the molecule is COc1ccc2c(c1)CCC(c1ccc(OC)cc1N(C)CCc1ccc(O)cc1)C2. The molecule has 0 fully saturated rings. The molecule has 0 bridgehead atoms. The number of phenolic OH excluding ortho intramolecular Hbond substituents is 1. The Labute approximate surface area is 185 Å². The molecule has 4 heteroatoms. The second-order valence-electron chi connectivity index (χ2n) is 8.34. The Balaban J connectivity index is 1.55.